The van der Waals surface area contributed by atoms with Gasteiger partial charge in [0.15, 0.2) is 0 Å². The van der Waals surface area contributed by atoms with Gasteiger partial charge in [-0.2, -0.15) is 0 Å². The summed E-state index contributed by atoms with van der Waals surface area (Å²) in [6, 6.07) is 30.8. The van der Waals surface area contributed by atoms with E-state index in [9.17, 15) is 104 Å². The lowest BCUT2D eigenvalue weighted by atomic mass is 10.1. The Morgan fingerprint density at radius 3 is 1.15 bits per heavy atom. The number of carbonyl (C=O) groups excluding carboxylic acids is 7. The summed E-state index contributed by atoms with van der Waals surface area (Å²) in [4.78, 5) is 155. The second kappa shape index (κ2) is 44.0. The first kappa shape index (κ1) is 94.0. The van der Waals surface area contributed by atoms with Gasteiger partial charge in [-0.25, -0.2) is 0 Å². The Hall–Kier alpha value is -13.1. The van der Waals surface area contributed by atoms with E-state index in [0.29, 0.717) is 64.2 Å². The van der Waals surface area contributed by atoms with Crippen molar-refractivity contribution in [2.75, 3.05) is 58.7 Å². The van der Waals surface area contributed by atoms with E-state index in [1.807, 2.05) is 12.1 Å². The zero-order valence-corrected chi connectivity index (χ0v) is 60.3. The molecule has 584 valence electrons. The number of fused-ring (bicyclic) bond motifs is 2. The van der Waals surface area contributed by atoms with Crippen molar-refractivity contribution >= 4 is 126 Å². The molecule has 109 heavy (non-hydrogen) atoms. The van der Waals surface area contributed by atoms with Gasteiger partial charge in [-0.3, -0.25) is 104 Å². The predicted molar refractivity (Wildman–Crippen MR) is 400 cm³/mol. The molecule has 0 spiro atoms. The SMILES string of the molecule is C.C.CC(=O)N(C)c1ccc(CO)cc1[N+](=O)[O-].CC(=O)N(C)c1ccc(CO)cc1[N+](=O)[O-].CC(=O)N(C)c1ccccc1[N+](=O)[O-].CC(=O)N1CCc2cc(Br)cc([N+](=O)[O-])c21.CC(=O)N1CCc2cccc([N+](=O)[O-])c21.CC(=O)Oc1c(CO)cccc1[N+](=O)[O-].CC(=O)Oc1ccc(CO)cc1[N+](=O)[O-]. The average molecular weight is 1590 g/mol. The Morgan fingerprint density at radius 1 is 0.404 bits per heavy atom. The Morgan fingerprint density at radius 2 is 0.761 bits per heavy atom. The minimum Gasteiger partial charge on any atom is -0.419 e. The maximum atomic E-state index is 11.4. The van der Waals surface area contributed by atoms with Crippen molar-refractivity contribution in [3.05, 3.63) is 236 Å². The molecule has 0 aliphatic carbocycles. The molecule has 9 rings (SSSR count). The fraction of sp³-hybridized carbons (Fsp3) is 0.290. The zero-order chi connectivity index (χ0) is 81.0. The Balaban J connectivity index is 0.000000634. The number of nitro benzene ring substituents is 7. The molecule has 5 amide bonds. The highest BCUT2D eigenvalue weighted by Gasteiger charge is 2.33. The molecular formula is C69H79BrN12O27. The smallest absolute Gasteiger partial charge is 0.312 e. The van der Waals surface area contributed by atoms with E-state index >= 15 is 0 Å². The van der Waals surface area contributed by atoms with Crippen molar-refractivity contribution in [2.45, 2.75) is 103 Å². The van der Waals surface area contributed by atoms with Crippen LogP contribution in [0.2, 0.25) is 0 Å². The Kier molecular flexibility index (Phi) is 38.0. The highest BCUT2D eigenvalue weighted by atomic mass is 79.9. The van der Waals surface area contributed by atoms with Crippen LogP contribution in [0, 0.1) is 70.8 Å². The summed E-state index contributed by atoms with van der Waals surface area (Å²) in [7, 11) is 4.43. The van der Waals surface area contributed by atoms with E-state index < -0.39 is 53.0 Å². The molecule has 0 saturated heterocycles. The van der Waals surface area contributed by atoms with E-state index in [1.54, 1.807) is 36.4 Å². The molecule has 0 radical (unpaired) electrons. The quantitative estimate of drug-likeness (QED) is 0.0302. The summed E-state index contributed by atoms with van der Waals surface area (Å²) in [5.74, 6) is -2.75. The first-order valence-corrected chi connectivity index (χ1v) is 31.6. The zero-order valence-electron chi connectivity index (χ0n) is 58.7. The molecule has 0 fully saturated rings. The van der Waals surface area contributed by atoms with Crippen LogP contribution in [0.15, 0.2) is 132 Å². The molecule has 7 aromatic carbocycles. The van der Waals surface area contributed by atoms with Gasteiger partial charge in [0.1, 0.15) is 28.4 Å². The minimum atomic E-state index is -0.669. The van der Waals surface area contributed by atoms with Crippen molar-refractivity contribution in [1.82, 2.24) is 0 Å². The number of carbonyl (C=O) groups is 7. The molecule has 0 atom stereocenters. The Bertz CT molecular complexity index is 4460. The molecule has 4 N–H and O–H groups in total. The number of anilines is 5. The summed E-state index contributed by atoms with van der Waals surface area (Å²) in [6.45, 7) is 8.91. The van der Waals surface area contributed by atoms with Crippen molar-refractivity contribution in [3.8, 4) is 11.5 Å². The number of aliphatic hydroxyl groups excluding tert-OH is 4. The van der Waals surface area contributed by atoms with Crippen LogP contribution in [0.1, 0.15) is 96.7 Å². The largest absolute Gasteiger partial charge is 0.419 e. The molecular weight excluding hydrogens is 1510 g/mol. The third-order valence-corrected chi connectivity index (χ3v) is 15.4. The number of aliphatic hydroxyl groups is 4. The number of hydrogen-bond donors (Lipinski definition) is 4. The minimum absolute atomic E-state index is 0. The first-order valence-electron chi connectivity index (χ1n) is 30.8. The van der Waals surface area contributed by atoms with E-state index in [1.165, 1.54) is 153 Å². The van der Waals surface area contributed by atoms with Crippen LogP contribution < -0.4 is 34.0 Å². The maximum absolute atomic E-state index is 11.4. The Labute approximate surface area is 629 Å². The number of ether oxygens (including phenoxy) is 2. The van der Waals surface area contributed by atoms with Crippen LogP contribution >= 0.6 is 15.9 Å². The third kappa shape index (κ3) is 26.8. The van der Waals surface area contributed by atoms with Crippen molar-refractivity contribution in [2.24, 2.45) is 0 Å². The van der Waals surface area contributed by atoms with Gasteiger partial charge in [-0.15, -0.1) is 0 Å². The second-order valence-electron chi connectivity index (χ2n) is 22.1. The highest BCUT2D eigenvalue weighted by Crippen LogP contribution is 2.41. The van der Waals surface area contributed by atoms with Gasteiger partial charge in [-0.05, 0) is 71.0 Å². The van der Waals surface area contributed by atoms with E-state index in [-0.39, 0.29) is 132 Å². The van der Waals surface area contributed by atoms with Crippen LogP contribution in [0.5, 0.6) is 11.5 Å². The van der Waals surface area contributed by atoms with Gasteiger partial charge < -0.3 is 54.4 Å². The number of halogens is 1. The molecule has 7 aromatic rings. The number of esters is 2. The van der Waals surface area contributed by atoms with E-state index in [4.69, 9.17) is 20.4 Å². The maximum Gasteiger partial charge on any atom is 0.312 e. The van der Waals surface area contributed by atoms with E-state index in [0.717, 1.165) is 31.0 Å². The van der Waals surface area contributed by atoms with Gasteiger partial charge in [-0.1, -0.05) is 85.4 Å². The molecule has 2 aliphatic heterocycles. The van der Waals surface area contributed by atoms with Crippen molar-refractivity contribution in [1.29, 1.82) is 0 Å². The average Bonchev–Trinajstić information content (AvgIpc) is 1.65. The fourth-order valence-corrected chi connectivity index (χ4v) is 10.1. The van der Waals surface area contributed by atoms with Gasteiger partial charge in [0, 0.05) is 135 Å². The second-order valence-corrected chi connectivity index (χ2v) is 23.0. The van der Waals surface area contributed by atoms with Crippen molar-refractivity contribution in [3.63, 3.8) is 0 Å². The molecule has 0 unspecified atom stereocenters. The van der Waals surface area contributed by atoms with Crippen LogP contribution in [0.3, 0.4) is 0 Å². The molecule has 0 aromatic heterocycles. The number of benzene rings is 7. The van der Waals surface area contributed by atoms with E-state index in [2.05, 4.69) is 25.4 Å². The lowest BCUT2D eigenvalue weighted by Gasteiger charge is -2.15. The predicted octanol–water partition coefficient (Wildman–Crippen LogP) is 10.8. The summed E-state index contributed by atoms with van der Waals surface area (Å²) in [5.41, 5.74) is 3.72. The number of amides is 5. The van der Waals surface area contributed by atoms with Crippen LogP contribution in [0.25, 0.3) is 0 Å². The summed E-state index contributed by atoms with van der Waals surface area (Å²) in [5, 5.41) is 111. The van der Waals surface area contributed by atoms with Crippen LogP contribution in [-0.4, -0.2) is 131 Å². The number of nitro groups is 7. The lowest BCUT2D eigenvalue weighted by molar-refractivity contribution is -0.385. The molecule has 2 heterocycles. The van der Waals surface area contributed by atoms with Gasteiger partial charge >= 0.3 is 23.3 Å². The highest BCUT2D eigenvalue weighted by molar-refractivity contribution is 9.10. The van der Waals surface area contributed by atoms with Crippen molar-refractivity contribution < 1.29 is 97.9 Å². The molecule has 40 heteroatoms. The normalized spacial score (nSPS) is 10.7. The van der Waals surface area contributed by atoms with Gasteiger partial charge in [0.2, 0.25) is 41.0 Å². The summed E-state index contributed by atoms with van der Waals surface area (Å²) >= 11 is 3.23. The third-order valence-electron chi connectivity index (χ3n) is 14.9. The summed E-state index contributed by atoms with van der Waals surface area (Å²) in [6.07, 6.45) is 1.35. The standard InChI is InChI=1S/C10H9BrN2O3.2C10H12N2O4.C10H10N2O3.C9H10N2O3.2C9H9NO5.2CH4/c1-6(14)12-3-2-7-4-8(11)5-9(10(7)12)13(15)16;2*1-7(14)11(2)9-4-3-8(6-13)5-10(9)12(15)16;1-7(13)11-6-5-8-3-2-4-9(10(8)11)12(14)15;1-7(12)10(2)8-5-3-4-6-9(8)11(13)14;1-6(12)15-9-3-2-7(5-11)4-8(9)10(13)14;1-6(12)15-9-7(5-11)3-2-4-8(9)10(13)14;;/h4-5H,2-3H2,1H3;2*3-5,13H,6H2,1-2H3;2-4H,5-6H2,1H3;3-6H,1-2H3;2*2-4,11H,5H2,1H3;2*1H4. The first-order chi connectivity index (χ1) is 50.2. The lowest BCUT2D eigenvalue weighted by Crippen LogP contribution is -2.26. The molecule has 39 nitrogen and oxygen atoms in total. The van der Waals surface area contributed by atoms with Gasteiger partial charge in [0.05, 0.1) is 60.9 Å². The molecule has 0 saturated carbocycles. The number of para-hydroxylation sites is 4. The monoisotopic (exact) mass is 1590 g/mol. The fourth-order valence-electron chi connectivity index (χ4n) is 9.59. The van der Waals surface area contributed by atoms with Gasteiger partial charge in [0.25, 0.3) is 28.4 Å². The number of rotatable bonds is 16. The summed E-state index contributed by atoms with van der Waals surface area (Å²) < 4.78 is 10.0. The number of hydrogen-bond acceptors (Lipinski definition) is 27. The topological polar surface area (TPSA) is 537 Å². The number of nitrogens with zero attached hydrogens (tertiary/aromatic N) is 12. The van der Waals surface area contributed by atoms with Crippen LogP contribution in [0.4, 0.5) is 68.2 Å². The molecule has 0 bridgehead atoms. The molecule has 2 aliphatic rings. The van der Waals surface area contributed by atoms with Crippen LogP contribution in [-0.2, 0) is 72.8 Å².